The highest BCUT2D eigenvalue weighted by Crippen LogP contribution is 2.42. The van der Waals surface area contributed by atoms with E-state index in [4.69, 9.17) is 10.2 Å². The molecule has 0 spiro atoms. The van der Waals surface area contributed by atoms with Crippen LogP contribution in [0.4, 0.5) is 8.78 Å². The third-order valence-corrected chi connectivity index (χ3v) is 3.99. The van der Waals surface area contributed by atoms with E-state index in [9.17, 15) is 8.78 Å². The summed E-state index contributed by atoms with van der Waals surface area (Å²) in [5, 5.41) is 18.2. The Labute approximate surface area is 96.3 Å². The number of hydrogen-bond acceptors (Lipinski definition) is 3. The number of hydrogen-bond donors (Lipinski definition) is 2. The lowest BCUT2D eigenvalue weighted by atomic mass is 10.0. The summed E-state index contributed by atoms with van der Waals surface area (Å²) < 4.78 is 27.8. The van der Waals surface area contributed by atoms with E-state index in [0.29, 0.717) is 12.0 Å². The van der Waals surface area contributed by atoms with Gasteiger partial charge in [-0.25, -0.2) is 8.78 Å². The second-order valence-electron chi connectivity index (χ2n) is 3.84. The van der Waals surface area contributed by atoms with Crippen molar-refractivity contribution in [2.75, 3.05) is 0 Å². The van der Waals surface area contributed by atoms with Gasteiger partial charge in [-0.1, -0.05) is 6.92 Å². The third-order valence-electron chi connectivity index (χ3n) is 2.76. The zero-order valence-electron chi connectivity index (χ0n) is 8.76. The number of rotatable bonds is 2. The highest BCUT2D eigenvalue weighted by Gasteiger charge is 2.30. The first-order chi connectivity index (χ1) is 7.60. The predicted octanol–water partition coefficient (Wildman–Crippen LogP) is 1.99. The van der Waals surface area contributed by atoms with Gasteiger partial charge in [-0.15, -0.1) is 11.8 Å². The lowest BCUT2D eigenvalue weighted by Crippen LogP contribution is -2.07. The summed E-state index contributed by atoms with van der Waals surface area (Å²) in [5.41, 5.74) is 0.0880. The van der Waals surface area contributed by atoms with E-state index in [1.807, 2.05) is 6.92 Å². The van der Waals surface area contributed by atoms with Crippen LogP contribution in [0.3, 0.4) is 0 Å². The van der Waals surface area contributed by atoms with Crippen LogP contribution in [0.2, 0.25) is 0 Å². The van der Waals surface area contributed by atoms with Gasteiger partial charge in [0.2, 0.25) is 0 Å². The van der Waals surface area contributed by atoms with Gasteiger partial charge in [-0.05, 0) is 6.42 Å². The number of thioether (sulfide) groups is 1. The minimum absolute atomic E-state index is 0.117. The molecular weight excluding hydrogens is 234 g/mol. The van der Waals surface area contributed by atoms with Crippen molar-refractivity contribution in [3.8, 4) is 0 Å². The highest BCUT2D eigenvalue weighted by atomic mass is 32.2. The van der Waals surface area contributed by atoms with Gasteiger partial charge in [0.1, 0.15) is 11.6 Å². The maximum absolute atomic E-state index is 13.9. The van der Waals surface area contributed by atoms with Crippen molar-refractivity contribution in [3.05, 3.63) is 28.3 Å². The van der Waals surface area contributed by atoms with Gasteiger partial charge >= 0.3 is 0 Å². The fourth-order valence-corrected chi connectivity index (χ4v) is 3.18. The molecule has 0 bridgehead atoms. The summed E-state index contributed by atoms with van der Waals surface area (Å²) >= 11 is 1.27. The zero-order valence-corrected chi connectivity index (χ0v) is 9.57. The molecule has 1 aromatic carbocycles. The van der Waals surface area contributed by atoms with Gasteiger partial charge in [0.05, 0.1) is 13.2 Å². The average Bonchev–Trinajstić information content (AvgIpc) is 2.65. The maximum Gasteiger partial charge on any atom is 0.143 e. The number of fused-ring (bicyclic) bond motifs is 1. The van der Waals surface area contributed by atoms with E-state index in [-0.39, 0.29) is 21.3 Å². The molecule has 2 rings (SSSR count). The Morgan fingerprint density at radius 2 is 1.75 bits per heavy atom. The van der Waals surface area contributed by atoms with Crippen LogP contribution in [0.5, 0.6) is 0 Å². The molecule has 2 nitrogen and oxygen atoms in total. The minimum atomic E-state index is -0.596. The van der Waals surface area contributed by atoms with Crippen molar-refractivity contribution in [2.24, 2.45) is 0 Å². The first-order valence-corrected chi connectivity index (χ1v) is 5.88. The summed E-state index contributed by atoms with van der Waals surface area (Å²) in [5.74, 6) is -1.16. The first-order valence-electron chi connectivity index (χ1n) is 5.00. The Kier molecular flexibility index (Phi) is 3.19. The summed E-state index contributed by atoms with van der Waals surface area (Å²) in [4.78, 5) is 0.284. The lowest BCUT2D eigenvalue weighted by molar-refractivity contribution is 0.248. The van der Waals surface area contributed by atoms with Gasteiger partial charge in [0, 0.05) is 26.8 Å². The van der Waals surface area contributed by atoms with Crippen molar-refractivity contribution in [3.63, 3.8) is 0 Å². The molecule has 2 N–H and O–H groups in total. The van der Waals surface area contributed by atoms with Crippen LogP contribution in [-0.4, -0.2) is 15.5 Å². The van der Waals surface area contributed by atoms with E-state index in [1.165, 1.54) is 11.8 Å². The summed E-state index contributed by atoms with van der Waals surface area (Å²) in [6.07, 6.45) is 0.460. The Bertz CT molecular complexity index is 396. The molecule has 1 aliphatic rings. The van der Waals surface area contributed by atoms with Crippen molar-refractivity contribution in [1.82, 2.24) is 0 Å². The molecule has 0 saturated heterocycles. The number of aliphatic hydroxyl groups is 2. The van der Waals surface area contributed by atoms with E-state index >= 15 is 0 Å². The quantitative estimate of drug-likeness (QED) is 0.838. The SMILES string of the molecule is CC1Cc2c(F)c(CO)c(CO)c(F)c2S1. The Morgan fingerprint density at radius 3 is 2.31 bits per heavy atom. The van der Waals surface area contributed by atoms with Gasteiger partial charge in [-0.3, -0.25) is 0 Å². The number of benzene rings is 1. The first kappa shape index (κ1) is 11.8. The van der Waals surface area contributed by atoms with E-state index < -0.39 is 24.8 Å². The molecule has 1 aromatic rings. The minimum Gasteiger partial charge on any atom is -0.392 e. The number of aliphatic hydroxyl groups excluding tert-OH is 2. The summed E-state index contributed by atoms with van der Waals surface area (Å²) in [7, 11) is 0. The van der Waals surface area contributed by atoms with Crippen molar-refractivity contribution in [2.45, 2.75) is 36.7 Å². The van der Waals surface area contributed by atoms with Crippen LogP contribution in [0.15, 0.2) is 4.90 Å². The maximum atomic E-state index is 13.9. The molecule has 1 aliphatic heterocycles. The molecule has 0 amide bonds. The Morgan fingerprint density at radius 1 is 1.19 bits per heavy atom. The monoisotopic (exact) mass is 246 g/mol. The average molecular weight is 246 g/mol. The summed E-state index contributed by atoms with van der Waals surface area (Å²) in [6.45, 7) is 0.701. The van der Waals surface area contributed by atoms with E-state index in [0.717, 1.165) is 0 Å². The molecule has 1 heterocycles. The van der Waals surface area contributed by atoms with Crippen molar-refractivity contribution in [1.29, 1.82) is 0 Å². The van der Waals surface area contributed by atoms with Crippen LogP contribution in [-0.2, 0) is 19.6 Å². The molecule has 0 saturated carbocycles. The molecule has 1 unspecified atom stereocenters. The second-order valence-corrected chi connectivity index (χ2v) is 5.29. The van der Waals surface area contributed by atoms with Crippen LogP contribution >= 0.6 is 11.8 Å². The molecule has 5 heteroatoms. The van der Waals surface area contributed by atoms with Crippen LogP contribution in [0, 0.1) is 11.6 Å². The second kappa shape index (κ2) is 4.31. The van der Waals surface area contributed by atoms with Crippen LogP contribution in [0.1, 0.15) is 23.6 Å². The molecule has 1 atom stereocenters. The summed E-state index contributed by atoms with van der Waals surface area (Å²) in [6, 6.07) is 0. The Hall–Kier alpha value is -0.650. The molecule has 88 valence electrons. The number of halogens is 2. The molecular formula is C11H12F2O2S. The van der Waals surface area contributed by atoms with E-state index in [2.05, 4.69) is 0 Å². The highest BCUT2D eigenvalue weighted by molar-refractivity contribution is 8.00. The standard InChI is InChI=1S/C11H12F2O2S/c1-5-2-6-9(12)7(3-14)8(4-15)10(13)11(6)16-5/h5,14-15H,2-4H2,1H3. The zero-order chi connectivity index (χ0) is 11.9. The van der Waals surface area contributed by atoms with Gasteiger partial charge < -0.3 is 10.2 Å². The third kappa shape index (κ3) is 1.63. The van der Waals surface area contributed by atoms with Gasteiger partial charge in [-0.2, -0.15) is 0 Å². The Balaban J connectivity index is 2.68. The van der Waals surface area contributed by atoms with Crippen LogP contribution in [0.25, 0.3) is 0 Å². The van der Waals surface area contributed by atoms with E-state index in [1.54, 1.807) is 0 Å². The smallest absolute Gasteiger partial charge is 0.143 e. The van der Waals surface area contributed by atoms with Crippen molar-refractivity contribution < 1.29 is 19.0 Å². The van der Waals surface area contributed by atoms with Gasteiger partial charge in [0.25, 0.3) is 0 Å². The topological polar surface area (TPSA) is 40.5 Å². The largest absolute Gasteiger partial charge is 0.392 e. The normalized spacial score (nSPS) is 18.9. The van der Waals surface area contributed by atoms with Gasteiger partial charge in [0.15, 0.2) is 0 Å². The molecule has 0 aromatic heterocycles. The molecule has 0 fully saturated rings. The molecule has 0 radical (unpaired) electrons. The van der Waals surface area contributed by atoms with Crippen LogP contribution < -0.4 is 0 Å². The fourth-order valence-electron chi connectivity index (χ4n) is 1.98. The molecule has 16 heavy (non-hydrogen) atoms. The fraction of sp³-hybridized carbons (Fsp3) is 0.455. The molecule has 0 aliphatic carbocycles. The lowest BCUT2D eigenvalue weighted by Gasteiger charge is -2.12. The predicted molar refractivity (Wildman–Crippen MR) is 57.2 cm³/mol. The van der Waals surface area contributed by atoms with Crippen molar-refractivity contribution >= 4 is 11.8 Å².